The number of halogens is 1. The van der Waals surface area contributed by atoms with Gasteiger partial charge in [-0.3, -0.25) is 24.8 Å². The van der Waals surface area contributed by atoms with Gasteiger partial charge in [0.15, 0.2) is 5.13 Å². The number of benzene rings is 2. The molecule has 0 spiro atoms. The molecule has 0 saturated heterocycles. The van der Waals surface area contributed by atoms with E-state index in [4.69, 9.17) is 16.3 Å². The van der Waals surface area contributed by atoms with Crippen LogP contribution in [0.3, 0.4) is 0 Å². The zero-order chi connectivity index (χ0) is 22.0. The number of fused-ring (bicyclic) bond motifs is 1. The van der Waals surface area contributed by atoms with Crippen molar-refractivity contribution in [2.75, 3.05) is 12.0 Å². The van der Waals surface area contributed by atoms with Crippen molar-refractivity contribution in [2.24, 2.45) is 0 Å². The summed E-state index contributed by atoms with van der Waals surface area (Å²) < 4.78 is 6.08. The number of nitro groups is 1. The lowest BCUT2D eigenvalue weighted by molar-refractivity contribution is -0.384. The molecule has 10 heteroatoms. The number of pyridine rings is 1. The molecule has 0 N–H and O–H groups in total. The summed E-state index contributed by atoms with van der Waals surface area (Å²) >= 11 is 7.61. The molecule has 0 aliphatic rings. The fourth-order valence-electron chi connectivity index (χ4n) is 3.00. The zero-order valence-corrected chi connectivity index (χ0v) is 17.8. The van der Waals surface area contributed by atoms with Crippen LogP contribution in [0.1, 0.15) is 15.9 Å². The van der Waals surface area contributed by atoms with Gasteiger partial charge in [0.25, 0.3) is 11.6 Å². The molecule has 0 aliphatic carbocycles. The predicted octanol–water partition coefficient (Wildman–Crippen LogP) is 5.11. The number of non-ortho nitro benzene ring substituents is 1. The van der Waals surface area contributed by atoms with E-state index in [2.05, 4.69) is 9.97 Å². The third-order valence-corrected chi connectivity index (χ3v) is 6.07. The second-order valence-corrected chi connectivity index (χ2v) is 7.87. The average Bonchev–Trinajstić information content (AvgIpc) is 3.24. The number of aromatic nitrogens is 2. The molecule has 0 atom stereocenters. The van der Waals surface area contributed by atoms with Gasteiger partial charge in [0.1, 0.15) is 11.3 Å². The molecular weight excluding hydrogens is 440 g/mol. The molecule has 0 bridgehead atoms. The van der Waals surface area contributed by atoms with Crippen molar-refractivity contribution in [3.8, 4) is 5.75 Å². The van der Waals surface area contributed by atoms with Crippen molar-refractivity contribution < 1.29 is 14.5 Å². The van der Waals surface area contributed by atoms with Crippen molar-refractivity contribution in [1.82, 2.24) is 9.97 Å². The Morgan fingerprint density at radius 3 is 2.65 bits per heavy atom. The fraction of sp³-hybridized carbons (Fsp3) is 0.0952. The zero-order valence-electron chi connectivity index (χ0n) is 16.2. The van der Waals surface area contributed by atoms with E-state index >= 15 is 0 Å². The lowest BCUT2D eigenvalue weighted by Crippen LogP contribution is -2.30. The van der Waals surface area contributed by atoms with Gasteiger partial charge >= 0.3 is 0 Å². The molecule has 0 aliphatic heterocycles. The normalized spacial score (nSPS) is 10.8. The molecule has 2 aromatic heterocycles. The van der Waals surface area contributed by atoms with Crippen LogP contribution in [0, 0.1) is 10.1 Å². The summed E-state index contributed by atoms with van der Waals surface area (Å²) in [6.45, 7) is 0.212. The van der Waals surface area contributed by atoms with Crippen LogP contribution in [0.15, 0.2) is 60.9 Å². The van der Waals surface area contributed by atoms with E-state index in [1.54, 1.807) is 30.6 Å². The van der Waals surface area contributed by atoms with Crippen LogP contribution in [0.2, 0.25) is 5.02 Å². The summed E-state index contributed by atoms with van der Waals surface area (Å²) in [5.41, 5.74) is 1.57. The lowest BCUT2D eigenvalue weighted by atomic mass is 10.1. The fourth-order valence-corrected chi connectivity index (χ4v) is 4.26. The monoisotopic (exact) mass is 454 g/mol. The van der Waals surface area contributed by atoms with Gasteiger partial charge in [0, 0.05) is 30.1 Å². The summed E-state index contributed by atoms with van der Waals surface area (Å²) in [5, 5.41) is 11.9. The molecule has 0 fully saturated rings. The van der Waals surface area contributed by atoms with Crippen LogP contribution in [0.25, 0.3) is 10.2 Å². The van der Waals surface area contributed by atoms with Gasteiger partial charge < -0.3 is 4.74 Å². The number of anilines is 1. The summed E-state index contributed by atoms with van der Waals surface area (Å²) in [7, 11) is 1.54. The van der Waals surface area contributed by atoms with Crippen LogP contribution in [0.4, 0.5) is 10.8 Å². The van der Waals surface area contributed by atoms with Crippen LogP contribution < -0.4 is 9.64 Å². The number of thiazole rings is 1. The first kappa shape index (κ1) is 20.7. The molecule has 0 unspecified atom stereocenters. The van der Waals surface area contributed by atoms with E-state index in [0.717, 1.165) is 5.56 Å². The molecular formula is C21H15ClN4O4S. The van der Waals surface area contributed by atoms with Crippen molar-refractivity contribution in [2.45, 2.75) is 6.54 Å². The standard InChI is InChI=1S/C21H15ClN4O4S/c1-30-17-9-8-16(22)19-18(17)24-21(31-19)25(12-13-3-2-10-23-11-13)20(27)14-4-6-15(7-5-14)26(28)29/h2-11H,12H2,1H3. The van der Waals surface area contributed by atoms with Gasteiger partial charge in [-0.25, -0.2) is 4.98 Å². The minimum atomic E-state index is -0.510. The summed E-state index contributed by atoms with van der Waals surface area (Å²) in [4.78, 5) is 34.0. The highest BCUT2D eigenvalue weighted by Gasteiger charge is 2.24. The number of rotatable bonds is 6. The van der Waals surface area contributed by atoms with Crippen LogP contribution in [-0.2, 0) is 6.54 Å². The van der Waals surface area contributed by atoms with E-state index in [9.17, 15) is 14.9 Å². The maximum absolute atomic E-state index is 13.4. The van der Waals surface area contributed by atoms with Gasteiger partial charge in [0.2, 0.25) is 0 Å². The quantitative estimate of drug-likeness (QED) is 0.296. The second-order valence-electron chi connectivity index (χ2n) is 6.48. The topological polar surface area (TPSA) is 98.5 Å². The molecule has 2 aromatic carbocycles. The Bertz CT molecular complexity index is 1260. The highest BCUT2D eigenvalue weighted by atomic mass is 35.5. The Morgan fingerprint density at radius 2 is 2.00 bits per heavy atom. The first-order valence-electron chi connectivity index (χ1n) is 9.06. The molecule has 156 valence electrons. The van der Waals surface area contributed by atoms with E-state index in [1.807, 2.05) is 6.07 Å². The molecule has 31 heavy (non-hydrogen) atoms. The van der Waals surface area contributed by atoms with Crippen molar-refractivity contribution in [3.05, 3.63) is 87.2 Å². The van der Waals surface area contributed by atoms with Gasteiger partial charge in [-0.1, -0.05) is 29.0 Å². The smallest absolute Gasteiger partial charge is 0.269 e. The molecule has 4 rings (SSSR count). The van der Waals surface area contributed by atoms with Gasteiger partial charge in [0.05, 0.1) is 28.3 Å². The molecule has 8 nitrogen and oxygen atoms in total. The number of nitrogens with zero attached hydrogens (tertiary/aromatic N) is 4. The molecule has 4 aromatic rings. The van der Waals surface area contributed by atoms with Crippen LogP contribution in [0.5, 0.6) is 5.75 Å². The number of ether oxygens (including phenoxy) is 1. The Balaban J connectivity index is 1.79. The minimum absolute atomic E-state index is 0.0909. The maximum atomic E-state index is 13.4. The second kappa shape index (κ2) is 8.66. The van der Waals surface area contributed by atoms with Crippen molar-refractivity contribution >= 4 is 49.9 Å². The Kier molecular flexibility index (Phi) is 5.79. The van der Waals surface area contributed by atoms with Crippen LogP contribution >= 0.6 is 22.9 Å². The van der Waals surface area contributed by atoms with Gasteiger partial charge in [-0.15, -0.1) is 0 Å². The number of carbonyl (C=O) groups is 1. The Morgan fingerprint density at radius 1 is 1.23 bits per heavy atom. The van der Waals surface area contributed by atoms with Crippen molar-refractivity contribution in [3.63, 3.8) is 0 Å². The summed E-state index contributed by atoms with van der Waals surface area (Å²) in [6.07, 6.45) is 3.31. The average molecular weight is 455 g/mol. The molecule has 1 amide bonds. The number of amides is 1. The van der Waals surface area contributed by atoms with E-state index in [0.29, 0.717) is 31.7 Å². The van der Waals surface area contributed by atoms with Crippen LogP contribution in [-0.4, -0.2) is 27.9 Å². The van der Waals surface area contributed by atoms with E-state index in [-0.39, 0.29) is 18.1 Å². The lowest BCUT2D eigenvalue weighted by Gasteiger charge is -2.20. The number of hydrogen-bond acceptors (Lipinski definition) is 7. The third kappa shape index (κ3) is 4.18. The highest BCUT2D eigenvalue weighted by Crippen LogP contribution is 2.39. The minimum Gasteiger partial charge on any atom is -0.494 e. The number of methoxy groups -OCH3 is 1. The first-order valence-corrected chi connectivity index (χ1v) is 10.3. The summed E-state index contributed by atoms with van der Waals surface area (Å²) in [6, 6.07) is 12.5. The number of carbonyl (C=O) groups excluding carboxylic acids is 1. The number of nitro benzene ring substituents is 1. The molecule has 2 heterocycles. The highest BCUT2D eigenvalue weighted by molar-refractivity contribution is 7.23. The summed E-state index contributed by atoms with van der Waals surface area (Å²) in [5.74, 6) is 0.193. The van der Waals surface area contributed by atoms with E-state index < -0.39 is 4.92 Å². The Labute approximate surface area is 185 Å². The van der Waals surface area contributed by atoms with Gasteiger partial charge in [-0.05, 0) is 35.9 Å². The molecule has 0 saturated carbocycles. The Hall–Kier alpha value is -3.56. The van der Waals surface area contributed by atoms with Crippen molar-refractivity contribution in [1.29, 1.82) is 0 Å². The number of hydrogen-bond donors (Lipinski definition) is 0. The maximum Gasteiger partial charge on any atom is 0.269 e. The van der Waals surface area contributed by atoms with E-state index in [1.165, 1.54) is 47.6 Å². The largest absolute Gasteiger partial charge is 0.494 e. The predicted molar refractivity (Wildman–Crippen MR) is 119 cm³/mol. The third-order valence-electron chi connectivity index (χ3n) is 4.53. The molecule has 0 radical (unpaired) electrons. The van der Waals surface area contributed by atoms with Gasteiger partial charge in [-0.2, -0.15) is 0 Å². The SMILES string of the molecule is COc1ccc(Cl)c2sc(N(Cc3cccnc3)C(=O)c3ccc([N+](=O)[O-])cc3)nc12. The first-order chi connectivity index (χ1) is 15.0.